The van der Waals surface area contributed by atoms with E-state index >= 15 is 0 Å². The van der Waals surface area contributed by atoms with E-state index in [1.165, 1.54) is 18.9 Å². The molecule has 0 spiro atoms. The first-order valence-electron chi connectivity index (χ1n) is 8.53. The molecule has 1 fully saturated rings. The minimum absolute atomic E-state index is 0.0363. The summed E-state index contributed by atoms with van der Waals surface area (Å²) in [5, 5.41) is 0.730. The molecule has 0 radical (unpaired) electrons. The predicted octanol–water partition coefficient (Wildman–Crippen LogP) is 4.09. The van der Waals surface area contributed by atoms with E-state index in [0.29, 0.717) is 15.1 Å². The third-order valence-electron chi connectivity index (χ3n) is 3.55. The fraction of sp³-hybridized carbons (Fsp3) is 0.421. The summed E-state index contributed by atoms with van der Waals surface area (Å²) in [6.07, 6.45) is 1.83. The second-order valence-electron chi connectivity index (χ2n) is 6.44. The van der Waals surface area contributed by atoms with Crippen molar-refractivity contribution in [2.24, 2.45) is 4.99 Å². The Morgan fingerprint density at radius 2 is 2.04 bits per heavy atom. The number of carbonyl (C=O) groups excluding carboxylic acids is 2. The van der Waals surface area contributed by atoms with Gasteiger partial charge in [0, 0.05) is 12.1 Å². The number of hydrogen-bond donors (Lipinski definition) is 0. The Bertz CT molecular complexity index is 790. The number of aliphatic imine (C=N–C) groups is 1. The lowest BCUT2D eigenvalue weighted by Crippen LogP contribution is -2.35. The van der Waals surface area contributed by atoms with Crippen molar-refractivity contribution in [3.8, 4) is 5.75 Å². The Kier molecular flexibility index (Phi) is 7.49. The molecule has 1 aliphatic heterocycles. The molecule has 27 heavy (non-hydrogen) atoms. The lowest BCUT2D eigenvalue weighted by molar-refractivity contribution is -0.142. The maximum absolute atomic E-state index is 12.8. The molecule has 146 valence electrons. The summed E-state index contributed by atoms with van der Waals surface area (Å²) in [7, 11) is 1.31. The van der Waals surface area contributed by atoms with Crippen molar-refractivity contribution in [1.29, 1.82) is 0 Å². The van der Waals surface area contributed by atoms with Crippen molar-refractivity contribution in [1.82, 2.24) is 4.90 Å². The highest BCUT2D eigenvalue weighted by Gasteiger charge is 2.35. The van der Waals surface area contributed by atoms with Gasteiger partial charge in [-0.3, -0.25) is 14.7 Å². The zero-order valence-corrected chi connectivity index (χ0v) is 18.4. The number of amides is 1. The van der Waals surface area contributed by atoms with Gasteiger partial charge < -0.3 is 9.47 Å². The van der Waals surface area contributed by atoms with E-state index < -0.39 is 5.97 Å². The molecule has 6 nitrogen and oxygen atoms in total. The largest absolute Gasteiger partial charge is 0.481 e. The molecule has 0 saturated carbocycles. The predicted molar refractivity (Wildman–Crippen MR) is 112 cm³/mol. The summed E-state index contributed by atoms with van der Waals surface area (Å²) in [4.78, 5) is 30.9. The molecule has 1 heterocycles. The number of hydrogen-bond acceptors (Lipinski definition) is 6. The van der Waals surface area contributed by atoms with Gasteiger partial charge >= 0.3 is 5.97 Å². The van der Waals surface area contributed by atoms with Gasteiger partial charge in [0.25, 0.3) is 5.91 Å². The number of benzene rings is 1. The van der Waals surface area contributed by atoms with Gasteiger partial charge in [0.15, 0.2) is 11.8 Å². The van der Waals surface area contributed by atoms with E-state index in [4.69, 9.17) is 4.74 Å². The zero-order chi connectivity index (χ0) is 20.1. The molecule has 0 aliphatic carbocycles. The Morgan fingerprint density at radius 1 is 1.33 bits per heavy atom. The SMILES string of the molecule is COC(=O)COc1ccc(/C=C2/SC(=NC(C)C)N(C(C)C)C2=O)cc1Br. The molecule has 2 rings (SSSR count). The van der Waals surface area contributed by atoms with Crippen molar-refractivity contribution in [3.63, 3.8) is 0 Å². The first-order valence-corrected chi connectivity index (χ1v) is 10.1. The van der Waals surface area contributed by atoms with E-state index in [1.54, 1.807) is 11.0 Å². The first-order chi connectivity index (χ1) is 12.7. The van der Waals surface area contributed by atoms with E-state index in [-0.39, 0.29) is 24.6 Å². The van der Waals surface area contributed by atoms with Gasteiger partial charge in [-0.15, -0.1) is 0 Å². The number of amidine groups is 1. The van der Waals surface area contributed by atoms with Crippen molar-refractivity contribution in [2.75, 3.05) is 13.7 Å². The third-order valence-corrected chi connectivity index (χ3v) is 5.17. The topological polar surface area (TPSA) is 68.2 Å². The van der Waals surface area contributed by atoms with Gasteiger partial charge in [0.05, 0.1) is 16.5 Å². The monoisotopic (exact) mass is 454 g/mol. The van der Waals surface area contributed by atoms with Crippen molar-refractivity contribution in [3.05, 3.63) is 33.1 Å². The average Bonchev–Trinajstić information content (AvgIpc) is 2.88. The number of ether oxygens (including phenoxy) is 2. The van der Waals surface area contributed by atoms with Gasteiger partial charge in [0.1, 0.15) is 5.75 Å². The van der Waals surface area contributed by atoms with Crippen molar-refractivity contribution >= 4 is 50.8 Å². The summed E-state index contributed by atoms with van der Waals surface area (Å²) in [6, 6.07) is 5.56. The minimum atomic E-state index is -0.452. The average molecular weight is 455 g/mol. The number of thioether (sulfide) groups is 1. The Hall–Kier alpha value is -1.80. The smallest absolute Gasteiger partial charge is 0.343 e. The maximum atomic E-state index is 12.8. The van der Waals surface area contributed by atoms with Gasteiger partial charge in [-0.1, -0.05) is 6.07 Å². The molecule has 0 atom stereocenters. The van der Waals surface area contributed by atoms with Crippen LogP contribution in [0.1, 0.15) is 33.3 Å². The summed E-state index contributed by atoms with van der Waals surface area (Å²) in [5.74, 6) is 0.0298. The standard InChI is InChI=1S/C19H23BrN2O4S/c1-11(2)21-19-22(12(3)4)18(24)16(27-19)9-13-6-7-15(14(20)8-13)26-10-17(23)25-5/h6-9,11-12H,10H2,1-5H3/b16-9+,21-19?. The molecule has 0 bridgehead atoms. The zero-order valence-electron chi connectivity index (χ0n) is 16.0. The van der Waals surface area contributed by atoms with Gasteiger partial charge in [-0.2, -0.15) is 0 Å². The van der Waals surface area contributed by atoms with E-state index in [1.807, 2.05) is 45.9 Å². The molecule has 0 unspecified atom stereocenters. The fourth-order valence-corrected chi connectivity index (χ4v) is 4.07. The number of nitrogens with zero attached hydrogens (tertiary/aromatic N) is 2. The minimum Gasteiger partial charge on any atom is -0.481 e. The molecular weight excluding hydrogens is 432 g/mol. The van der Waals surface area contributed by atoms with Crippen LogP contribution >= 0.6 is 27.7 Å². The number of esters is 1. The summed E-state index contributed by atoms with van der Waals surface area (Å²) in [5.41, 5.74) is 0.845. The summed E-state index contributed by atoms with van der Waals surface area (Å²) in [6.45, 7) is 7.76. The molecular formula is C19H23BrN2O4S. The van der Waals surface area contributed by atoms with Crippen LogP contribution < -0.4 is 4.74 Å². The highest BCUT2D eigenvalue weighted by Crippen LogP contribution is 2.35. The quantitative estimate of drug-likeness (QED) is 0.478. The second-order valence-corrected chi connectivity index (χ2v) is 8.30. The molecule has 0 N–H and O–H groups in total. The van der Waals surface area contributed by atoms with Crippen molar-refractivity contribution < 1.29 is 19.1 Å². The fourth-order valence-electron chi connectivity index (χ4n) is 2.32. The van der Waals surface area contributed by atoms with Crippen LogP contribution in [0.3, 0.4) is 0 Å². The normalized spacial score (nSPS) is 17.5. The van der Waals surface area contributed by atoms with Gasteiger partial charge in [-0.05, 0) is 79.2 Å². The van der Waals surface area contributed by atoms with Crippen LogP contribution in [0.2, 0.25) is 0 Å². The van der Waals surface area contributed by atoms with E-state index in [9.17, 15) is 9.59 Å². The Labute approximate surface area is 172 Å². The van der Waals surface area contributed by atoms with Crippen LogP contribution in [0.4, 0.5) is 0 Å². The first kappa shape index (κ1) is 21.5. The lowest BCUT2D eigenvalue weighted by atomic mass is 10.2. The molecule has 8 heteroatoms. The Morgan fingerprint density at radius 3 is 2.59 bits per heavy atom. The third kappa shape index (κ3) is 5.59. The Balaban J connectivity index is 2.24. The molecule has 1 aliphatic rings. The summed E-state index contributed by atoms with van der Waals surface area (Å²) >= 11 is 4.82. The second kappa shape index (κ2) is 9.41. The number of rotatable bonds is 6. The lowest BCUT2D eigenvalue weighted by Gasteiger charge is -2.20. The maximum Gasteiger partial charge on any atom is 0.343 e. The van der Waals surface area contributed by atoms with Crippen LogP contribution in [0, 0.1) is 0 Å². The van der Waals surface area contributed by atoms with E-state index in [0.717, 1.165) is 10.7 Å². The number of halogens is 1. The van der Waals surface area contributed by atoms with E-state index in [2.05, 4.69) is 25.7 Å². The number of carbonyl (C=O) groups is 2. The molecule has 1 saturated heterocycles. The van der Waals surface area contributed by atoms with Crippen LogP contribution in [0.25, 0.3) is 6.08 Å². The molecule has 0 aromatic heterocycles. The molecule has 1 amide bonds. The molecule has 1 aromatic carbocycles. The van der Waals surface area contributed by atoms with Crippen LogP contribution in [-0.4, -0.2) is 47.7 Å². The highest BCUT2D eigenvalue weighted by atomic mass is 79.9. The molecule has 1 aromatic rings. The van der Waals surface area contributed by atoms with Crippen LogP contribution in [0.5, 0.6) is 5.75 Å². The van der Waals surface area contributed by atoms with Crippen LogP contribution in [-0.2, 0) is 14.3 Å². The van der Waals surface area contributed by atoms with Crippen molar-refractivity contribution in [2.45, 2.75) is 39.8 Å². The number of methoxy groups -OCH3 is 1. The van der Waals surface area contributed by atoms with Crippen LogP contribution in [0.15, 0.2) is 32.6 Å². The highest BCUT2D eigenvalue weighted by molar-refractivity contribution is 9.10. The summed E-state index contributed by atoms with van der Waals surface area (Å²) < 4.78 is 10.6. The van der Waals surface area contributed by atoms with Gasteiger partial charge in [-0.25, -0.2) is 4.79 Å². The van der Waals surface area contributed by atoms with Gasteiger partial charge in [0.2, 0.25) is 0 Å².